The summed E-state index contributed by atoms with van der Waals surface area (Å²) in [6, 6.07) is 3.15. The van der Waals surface area contributed by atoms with E-state index in [4.69, 9.17) is 5.73 Å². The topological polar surface area (TPSA) is 97.1 Å². The molecule has 0 amide bonds. The Kier molecular flexibility index (Phi) is 3.78. The molecule has 130 valence electrons. The minimum Gasteiger partial charge on any atom is -0.369 e. The standard InChI is InChI=1S/C13H14F3N5O2S/c1-12(9-4-8(21(22)23)2-3-10(9)14)7-24-18-5-13(15,16)6-20(24)11(17)19-12/h2-4H,5-7H2,1H3,(H2,17,19)/t12-,24?/m0/s1. The summed E-state index contributed by atoms with van der Waals surface area (Å²) >= 11 is 0. The van der Waals surface area contributed by atoms with Crippen molar-refractivity contribution in [3.05, 3.63) is 39.7 Å². The van der Waals surface area contributed by atoms with Crippen molar-refractivity contribution in [2.24, 2.45) is 15.1 Å². The molecule has 1 aromatic rings. The first-order valence-corrected chi connectivity index (χ1v) is 8.26. The molecule has 11 heteroatoms. The highest BCUT2D eigenvalue weighted by molar-refractivity contribution is 7.85. The van der Waals surface area contributed by atoms with Crippen molar-refractivity contribution in [2.75, 3.05) is 18.8 Å². The Bertz CT molecular complexity index is 785. The quantitative estimate of drug-likeness (QED) is 0.643. The Hall–Kier alpha value is -2.17. The van der Waals surface area contributed by atoms with E-state index in [1.165, 1.54) is 4.31 Å². The van der Waals surface area contributed by atoms with E-state index in [2.05, 4.69) is 9.36 Å². The smallest absolute Gasteiger partial charge is 0.286 e. The van der Waals surface area contributed by atoms with Gasteiger partial charge in [0.05, 0.1) is 17.2 Å². The number of aliphatic imine (C=N–C) groups is 1. The van der Waals surface area contributed by atoms with Crippen LogP contribution < -0.4 is 5.73 Å². The molecular formula is C13H14F3N5O2S. The van der Waals surface area contributed by atoms with Crippen molar-refractivity contribution in [1.82, 2.24) is 4.31 Å². The van der Waals surface area contributed by atoms with Crippen LogP contribution in [-0.4, -0.2) is 40.0 Å². The third-order valence-corrected chi connectivity index (χ3v) is 5.91. The van der Waals surface area contributed by atoms with E-state index < -0.39 is 46.2 Å². The average molecular weight is 361 g/mol. The van der Waals surface area contributed by atoms with Crippen LogP contribution in [0.2, 0.25) is 0 Å². The summed E-state index contributed by atoms with van der Waals surface area (Å²) in [5.74, 6) is -3.70. The zero-order chi connectivity index (χ0) is 17.7. The number of guanidine groups is 1. The van der Waals surface area contributed by atoms with Gasteiger partial charge in [-0.15, -0.1) is 0 Å². The highest BCUT2D eigenvalue weighted by Crippen LogP contribution is 2.37. The highest BCUT2D eigenvalue weighted by Gasteiger charge is 2.44. The van der Waals surface area contributed by atoms with Crippen LogP contribution in [0, 0.1) is 15.9 Å². The van der Waals surface area contributed by atoms with Crippen molar-refractivity contribution in [2.45, 2.75) is 18.4 Å². The van der Waals surface area contributed by atoms with Gasteiger partial charge in [-0.25, -0.2) is 22.5 Å². The Morgan fingerprint density at radius 2 is 2.17 bits per heavy atom. The average Bonchev–Trinajstić information content (AvgIpc) is 2.48. The molecular weight excluding hydrogens is 347 g/mol. The summed E-state index contributed by atoms with van der Waals surface area (Å²) in [7, 11) is -0.989. The summed E-state index contributed by atoms with van der Waals surface area (Å²) in [4.78, 5) is 14.5. The van der Waals surface area contributed by atoms with Crippen molar-refractivity contribution >= 4 is 22.5 Å². The minimum atomic E-state index is -2.99. The van der Waals surface area contributed by atoms with E-state index in [1.54, 1.807) is 6.92 Å². The zero-order valence-electron chi connectivity index (χ0n) is 12.6. The lowest BCUT2D eigenvalue weighted by molar-refractivity contribution is -0.385. The number of halogens is 3. The Labute approximate surface area is 137 Å². The van der Waals surface area contributed by atoms with Gasteiger partial charge in [-0.3, -0.25) is 14.4 Å². The van der Waals surface area contributed by atoms with E-state index in [0.717, 1.165) is 18.2 Å². The SMILES string of the molecule is C[C@@]1(c2cc([N+](=O)[O-])ccc2F)CS2=NCC(F)(F)CN2C(N)=N1. The fourth-order valence-electron chi connectivity index (χ4n) is 2.66. The normalized spacial score (nSPS) is 28.6. The fraction of sp³-hybridized carbons (Fsp3) is 0.462. The van der Waals surface area contributed by atoms with E-state index in [9.17, 15) is 23.3 Å². The second-order valence-electron chi connectivity index (χ2n) is 5.83. The van der Waals surface area contributed by atoms with Crippen LogP contribution in [0.3, 0.4) is 0 Å². The predicted molar refractivity (Wildman–Crippen MR) is 83.2 cm³/mol. The number of fused-ring (bicyclic) bond motifs is 1. The monoisotopic (exact) mass is 361 g/mol. The molecule has 0 radical (unpaired) electrons. The number of hydrogen-bond acceptors (Lipinski definition) is 6. The van der Waals surface area contributed by atoms with Gasteiger partial charge in [0.2, 0.25) is 5.96 Å². The Balaban J connectivity index is 2.06. The highest BCUT2D eigenvalue weighted by atomic mass is 32.2. The summed E-state index contributed by atoms with van der Waals surface area (Å²) in [5.41, 5.74) is 4.31. The Morgan fingerprint density at radius 3 is 2.83 bits per heavy atom. The van der Waals surface area contributed by atoms with Gasteiger partial charge in [-0.2, -0.15) is 0 Å². The molecule has 2 heterocycles. The van der Waals surface area contributed by atoms with Crippen LogP contribution in [0.25, 0.3) is 0 Å². The Morgan fingerprint density at radius 1 is 1.46 bits per heavy atom. The number of hydrogen-bond donors (Lipinski definition) is 1. The summed E-state index contributed by atoms with van der Waals surface area (Å²) in [6.45, 7) is 0.338. The molecule has 0 saturated heterocycles. The fourth-order valence-corrected chi connectivity index (χ4v) is 4.70. The van der Waals surface area contributed by atoms with Gasteiger partial charge in [0.1, 0.15) is 17.9 Å². The second-order valence-corrected chi connectivity index (χ2v) is 7.50. The van der Waals surface area contributed by atoms with Gasteiger partial charge < -0.3 is 5.73 Å². The summed E-state index contributed by atoms with van der Waals surface area (Å²) in [5, 5.41) is 10.9. The van der Waals surface area contributed by atoms with Gasteiger partial charge in [0, 0.05) is 17.7 Å². The first kappa shape index (κ1) is 16.7. The summed E-state index contributed by atoms with van der Waals surface area (Å²) < 4.78 is 46.4. The molecule has 2 aliphatic heterocycles. The first-order valence-electron chi connectivity index (χ1n) is 6.95. The van der Waals surface area contributed by atoms with E-state index in [0.29, 0.717) is 0 Å². The number of nitrogens with two attached hydrogens (primary N) is 1. The van der Waals surface area contributed by atoms with Crippen LogP contribution in [0.1, 0.15) is 12.5 Å². The van der Waals surface area contributed by atoms with Crippen LogP contribution >= 0.6 is 0 Å². The largest absolute Gasteiger partial charge is 0.369 e. The van der Waals surface area contributed by atoms with Gasteiger partial charge in [0.25, 0.3) is 11.6 Å². The van der Waals surface area contributed by atoms with Crippen LogP contribution in [0.4, 0.5) is 18.9 Å². The minimum absolute atomic E-state index is 0.000617. The molecule has 7 nitrogen and oxygen atoms in total. The predicted octanol–water partition coefficient (Wildman–Crippen LogP) is 1.95. The van der Waals surface area contributed by atoms with E-state index in [1.807, 2.05) is 0 Å². The molecule has 24 heavy (non-hydrogen) atoms. The van der Waals surface area contributed by atoms with E-state index >= 15 is 0 Å². The number of non-ortho nitro benzene ring substituents is 1. The number of rotatable bonds is 2. The molecule has 0 bridgehead atoms. The number of nitro benzene ring substituents is 1. The molecule has 2 aliphatic rings. The van der Waals surface area contributed by atoms with Gasteiger partial charge in [-0.05, 0) is 23.9 Å². The molecule has 0 aromatic heterocycles. The molecule has 3 rings (SSSR count). The van der Waals surface area contributed by atoms with Crippen molar-refractivity contribution in [3.8, 4) is 0 Å². The van der Waals surface area contributed by atoms with Crippen LogP contribution in [0.5, 0.6) is 0 Å². The first-order chi connectivity index (χ1) is 11.1. The van der Waals surface area contributed by atoms with Gasteiger partial charge in [0.15, 0.2) is 0 Å². The third-order valence-electron chi connectivity index (χ3n) is 3.84. The molecule has 0 saturated carbocycles. The number of nitrogens with zero attached hydrogens (tertiary/aromatic N) is 4. The molecule has 0 aliphatic carbocycles. The van der Waals surface area contributed by atoms with Crippen molar-refractivity contribution in [1.29, 1.82) is 0 Å². The van der Waals surface area contributed by atoms with Gasteiger partial charge >= 0.3 is 0 Å². The zero-order valence-corrected chi connectivity index (χ0v) is 13.4. The molecule has 1 aromatic carbocycles. The van der Waals surface area contributed by atoms with Gasteiger partial charge in [-0.1, -0.05) is 0 Å². The molecule has 0 fully saturated rings. The summed E-state index contributed by atoms with van der Waals surface area (Å²) in [6.07, 6.45) is 0. The number of alkyl halides is 2. The lowest BCUT2D eigenvalue weighted by atomic mass is 9.93. The maximum absolute atomic E-state index is 14.2. The maximum Gasteiger partial charge on any atom is 0.286 e. The lowest BCUT2D eigenvalue weighted by Crippen LogP contribution is -2.55. The maximum atomic E-state index is 14.2. The molecule has 1 unspecified atom stereocenters. The third kappa shape index (κ3) is 2.83. The number of benzene rings is 1. The van der Waals surface area contributed by atoms with E-state index in [-0.39, 0.29) is 23.0 Å². The lowest BCUT2D eigenvalue weighted by Gasteiger charge is -2.41. The molecule has 2 atom stereocenters. The van der Waals surface area contributed by atoms with Crippen LogP contribution in [-0.2, 0) is 16.4 Å². The van der Waals surface area contributed by atoms with Crippen molar-refractivity contribution in [3.63, 3.8) is 0 Å². The second kappa shape index (κ2) is 5.43. The molecule has 2 N–H and O–H groups in total. The van der Waals surface area contributed by atoms with Crippen molar-refractivity contribution < 1.29 is 18.1 Å². The van der Waals surface area contributed by atoms with Crippen LogP contribution in [0.15, 0.2) is 27.6 Å². The molecule has 0 spiro atoms. The number of nitro groups is 1.